The molecule has 0 aliphatic heterocycles. The molecular formula is C36H70. The lowest BCUT2D eigenvalue weighted by Crippen LogP contribution is -2.56. The molecule has 214 valence electrons. The summed E-state index contributed by atoms with van der Waals surface area (Å²) in [6.07, 6.45) is 21.2. The van der Waals surface area contributed by atoms with Gasteiger partial charge in [0.25, 0.3) is 0 Å². The zero-order chi connectivity index (χ0) is 27.1. The Morgan fingerprint density at radius 2 is 1.39 bits per heavy atom. The molecule has 0 nitrogen and oxygen atoms in total. The first-order valence-corrected chi connectivity index (χ1v) is 17.3. The van der Waals surface area contributed by atoms with Crippen LogP contribution < -0.4 is 0 Å². The van der Waals surface area contributed by atoms with Crippen LogP contribution >= 0.6 is 0 Å². The van der Waals surface area contributed by atoms with E-state index in [1.54, 1.807) is 44.9 Å². The van der Waals surface area contributed by atoms with Gasteiger partial charge in [0, 0.05) is 0 Å². The van der Waals surface area contributed by atoms with Gasteiger partial charge in [-0.15, -0.1) is 0 Å². The monoisotopic (exact) mass is 503 g/mol. The van der Waals surface area contributed by atoms with Crippen molar-refractivity contribution in [1.29, 1.82) is 0 Å². The van der Waals surface area contributed by atoms with Crippen LogP contribution in [0.25, 0.3) is 0 Å². The van der Waals surface area contributed by atoms with Crippen LogP contribution in [0.2, 0.25) is 0 Å². The fourth-order valence-corrected chi connectivity index (χ4v) is 10.7. The van der Waals surface area contributed by atoms with Crippen LogP contribution in [0.5, 0.6) is 0 Å². The average molecular weight is 503 g/mol. The Hall–Kier alpha value is 0. The Bertz CT molecular complexity index is 605. The summed E-state index contributed by atoms with van der Waals surface area (Å²) in [5.74, 6) is 8.97. The summed E-state index contributed by atoms with van der Waals surface area (Å²) in [7, 11) is 0. The van der Waals surface area contributed by atoms with Crippen LogP contribution in [-0.4, -0.2) is 0 Å². The maximum atomic E-state index is 2.79. The molecule has 36 heavy (non-hydrogen) atoms. The van der Waals surface area contributed by atoms with E-state index < -0.39 is 0 Å². The van der Waals surface area contributed by atoms with Crippen molar-refractivity contribution >= 4 is 0 Å². The number of hydrogen-bond donors (Lipinski definition) is 0. The van der Waals surface area contributed by atoms with Crippen LogP contribution in [0.1, 0.15) is 166 Å². The normalized spacial score (nSPS) is 41.0. The van der Waals surface area contributed by atoms with E-state index >= 15 is 0 Å². The highest BCUT2D eigenvalue weighted by Gasteiger charge is 2.62. The molecule has 0 saturated heterocycles. The second-order valence-corrected chi connectivity index (χ2v) is 14.2. The van der Waals surface area contributed by atoms with Gasteiger partial charge in [-0.3, -0.25) is 0 Å². The second-order valence-electron chi connectivity index (χ2n) is 14.2. The largest absolute Gasteiger partial charge is 0.0683 e. The minimum Gasteiger partial charge on any atom is -0.0683 e. The lowest BCUT2D eigenvalue weighted by Gasteiger charge is -2.63. The minimum atomic E-state index is 0.643. The molecule has 0 aromatic carbocycles. The highest BCUT2D eigenvalue weighted by atomic mass is 14.7. The van der Waals surface area contributed by atoms with Gasteiger partial charge in [0.15, 0.2) is 0 Å². The Morgan fingerprint density at radius 1 is 0.722 bits per heavy atom. The molecule has 4 aliphatic rings. The quantitative estimate of drug-likeness (QED) is 0.309. The first-order valence-electron chi connectivity index (χ1n) is 17.3. The predicted molar refractivity (Wildman–Crippen MR) is 163 cm³/mol. The third-order valence-corrected chi connectivity index (χ3v) is 12.6. The average Bonchev–Trinajstić information content (AvgIpc) is 3.25. The van der Waals surface area contributed by atoms with Crippen LogP contribution in [0.4, 0.5) is 0 Å². The van der Waals surface area contributed by atoms with Gasteiger partial charge in [-0.2, -0.15) is 0 Å². The van der Waals surface area contributed by atoms with Crippen LogP contribution in [0.3, 0.4) is 0 Å². The molecule has 0 amide bonds. The first kappa shape index (κ1) is 32.2. The molecule has 4 rings (SSSR count). The molecule has 4 aliphatic carbocycles. The molecule has 0 aromatic rings. The van der Waals surface area contributed by atoms with E-state index in [-0.39, 0.29) is 0 Å². The number of fused-ring (bicyclic) bond motifs is 5. The van der Waals surface area contributed by atoms with Crippen molar-refractivity contribution in [2.24, 2.45) is 64.1 Å². The summed E-state index contributed by atoms with van der Waals surface area (Å²) in [5, 5.41) is 0. The molecule has 4 saturated carbocycles. The lowest BCUT2D eigenvalue weighted by molar-refractivity contribution is -0.141. The topological polar surface area (TPSA) is 0 Å². The maximum Gasteiger partial charge on any atom is -0.0264 e. The smallest absolute Gasteiger partial charge is 0.0264 e. The van der Waals surface area contributed by atoms with Crippen molar-refractivity contribution in [3.05, 3.63) is 0 Å². The van der Waals surface area contributed by atoms with Gasteiger partial charge in [0.2, 0.25) is 0 Å². The predicted octanol–water partition coefficient (Wildman–Crippen LogP) is 12.2. The highest BCUT2D eigenvalue weighted by molar-refractivity contribution is 5.11. The Kier molecular flexibility index (Phi) is 12.9. The van der Waals surface area contributed by atoms with E-state index in [4.69, 9.17) is 0 Å². The first-order chi connectivity index (χ1) is 17.3. The maximum absolute atomic E-state index is 2.79. The van der Waals surface area contributed by atoms with Gasteiger partial charge in [-0.05, 0) is 115 Å². The lowest BCUT2D eigenvalue weighted by atomic mass is 9.42. The van der Waals surface area contributed by atoms with E-state index in [1.165, 1.54) is 44.9 Å². The van der Waals surface area contributed by atoms with Gasteiger partial charge in [-0.1, -0.05) is 115 Å². The minimum absolute atomic E-state index is 0.643. The van der Waals surface area contributed by atoms with Crippen LogP contribution in [-0.2, 0) is 0 Å². The standard InChI is InChI=1S/C32H58.2C2H6/c1-8-12-25(22(3)4)15-14-23(5)27-16-17-28-30-24(9-2)21-26-13-10-11-19-31(26,6)29(30)18-20-32(27,28)7;2*1-2/h22-30H,8-21H2,1-7H3;2*1-2H3. The molecule has 0 heterocycles. The molecule has 0 spiro atoms. The van der Waals surface area contributed by atoms with Crippen molar-refractivity contribution in [3.63, 3.8) is 0 Å². The molecule has 0 N–H and O–H groups in total. The van der Waals surface area contributed by atoms with Crippen LogP contribution in [0.15, 0.2) is 0 Å². The summed E-state index contributed by atoms with van der Waals surface area (Å²) < 4.78 is 0. The highest BCUT2D eigenvalue weighted by Crippen LogP contribution is 2.69. The fraction of sp³-hybridized carbons (Fsp3) is 1.00. The molecule has 0 heteroatoms. The zero-order valence-corrected chi connectivity index (χ0v) is 27.1. The number of rotatable bonds is 8. The van der Waals surface area contributed by atoms with E-state index in [2.05, 4.69) is 48.5 Å². The third kappa shape index (κ3) is 6.24. The van der Waals surface area contributed by atoms with E-state index in [9.17, 15) is 0 Å². The van der Waals surface area contributed by atoms with Gasteiger partial charge >= 0.3 is 0 Å². The van der Waals surface area contributed by atoms with Gasteiger partial charge in [-0.25, -0.2) is 0 Å². The molecule has 0 radical (unpaired) electrons. The van der Waals surface area contributed by atoms with Gasteiger partial charge in [0.1, 0.15) is 0 Å². The zero-order valence-electron chi connectivity index (χ0n) is 27.1. The summed E-state index contributed by atoms with van der Waals surface area (Å²) in [5.41, 5.74) is 1.33. The summed E-state index contributed by atoms with van der Waals surface area (Å²) in [6.45, 7) is 26.1. The Morgan fingerprint density at radius 3 is 2.00 bits per heavy atom. The van der Waals surface area contributed by atoms with E-state index in [0.717, 1.165) is 53.3 Å². The molecule has 0 aromatic heterocycles. The molecular weight excluding hydrogens is 432 g/mol. The van der Waals surface area contributed by atoms with Crippen LogP contribution in [0, 0.1) is 64.1 Å². The number of hydrogen-bond acceptors (Lipinski definition) is 0. The fourth-order valence-electron chi connectivity index (χ4n) is 10.7. The van der Waals surface area contributed by atoms with Crippen molar-refractivity contribution in [2.45, 2.75) is 166 Å². The van der Waals surface area contributed by atoms with E-state index in [0.29, 0.717) is 10.8 Å². The van der Waals surface area contributed by atoms with Gasteiger partial charge in [0.05, 0.1) is 0 Å². The van der Waals surface area contributed by atoms with Crippen molar-refractivity contribution in [1.82, 2.24) is 0 Å². The summed E-state index contributed by atoms with van der Waals surface area (Å²) in [6, 6.07) is 0. The SMILES string of the molecule is CC.CC.CCCC(CCC(C)C1CCC2C3C(CC)CC4CCCCC4(C)C3CCC12C)C(C)C. The molecule has 10 unspecified atom stereocenters. The summed E-state index contributed by atoms with van der Waals surface area (Å²) in [4.78, 5) is 0. The third-order valence-electron chi connectivity index (χ3n) is 12.6. The summed E-state index contributed by atoms with van der Waals surface area (Å²) >= 11 is 0. The molecule has 4 fully saturated rings. The van der Waals surface area contributed by atoms with Crippen molar-refractivity contribution in [3.8, 4) is 0 Å². The second kappa shape index (κ2) is 14.4. The van der Waals surface area contributed by atoms with Gasteiger partial charge < -0.3 is 0 Å². The Balaban J connectivity index is 0.00000109. The van der Waals surface area contributed by atoms with E-state index in [1.807, 2.05) is 27.7 Å². The Labute approximate surface area is 230 Å². The molecule has 10 atom stereocenters. The van der Waals surface area contributed by atoms with Crippen molar-refractivity contribution in [2.75, 3.05) is 0 Å². The molecule has 0 bridgehead atoms. The van der Waals surface area contributed by atoms with Crippen molar-refractivity contribution < 1.29 is 0 Å².